The van der Waals surface area contributed by atoms with E-state index in [2.05, 4.69) is 10.2 Å². The Bertz CT molecular complexity index is 1060. The lowest BCUT2D eigenvalue weighted by atomic mass is 10.1. The molecule has 0 atom stereocenters. The summed E-state index contributed by atoms with van der Waals surface area (Å²) in [5.74, 6) is 0.524. The molecule has 2 aliphatic rings. The van der Waals surface area contributed by atoms with Gasteiger partial charge in [-0.15, -0.1) is 0 Å². The number of sulfonamides is 1. The van der Waals surface area contributed by atoms with Gasteiger partial charge < -0.3 is 15.0 Å². The van der Waals surface area contributed by atoms with Gasteiger partial charge in [0.2, 0.25) is 10.0 Å². The molecule has 1 fully saturated rings. The Balaban J connectivity index is 1.90. The molecule has 2 aromatic rings. The molecule has 4 rings (SSSR count). The van der Waals surface area contributed by atoms with E-state index >= 15 is 0 Å². The van der Waals surface area contributed by atoms with Crippen LogP contribution in [0, 0.1) is 0 Å². The topological polar surface area (TPSA) is 79.0 Å². The van der Waals surface area contributed by atoms with Crippen LogP contribution in [0.2, 0.25) is 0 Å². The maximum Gasteiger partial charge on any atom is 0.259 e. The first-order valence-electron chi connectivity index (χ1n) is 10.4. The van der Waals surface area contributed by atoms with Gasteiger partial charge in [-0.25, -0.2) is 12.7 Å². The Morgan fingerprint density at radius 3 is 2.47 bits per heavy atom. The van der Waals surface area contributed by atoms with E-state index in [1.165, 1.54) is 10.4 Å². The molecule has 0 radical (unpaired) electrons. The van der Waals surface area contributed by atoms with Gasteiger partial charge in [0.25, 0.3) is 5.91 Å². The summed E-state index contributed by atoms with van der Waals surface area (Å²) >= 11 is 0. The Morgan fingerprint density at radius 2 is 1.77 bits per heavy atom. The number of amides is 1. The van der Waals surface area contributed by atoms with Gasteiger partial charge >= 0.3 is 0 Å². The molecule has 7 nitrogen and oxygen atoms in total. The number of hydrogen-bond acceptors (Lipinski definition) is 5. The minimum atomic E-state index is -3.76. The van der Waals surface area contributed by atoms with Crippen LogP contribution >= 0.6 is 0 Å². The van der Waals surface area contributed by atoms with Gasteiger partial charge in [-0.1, -0.05) is 31.9 Å². The average molecular weight is 430 g/mol. The first kappa shape index (κ1) is 20.7. The zero-order valence-electron chi connectivity index (χ0n) is 17.3. The predicted molar refractivity (Wildman–Crippen MR) is 117 cm³/mol. The predicted octanol–water partition coefficient (Wildman–Crippen LogP) is 4.07. The van der Waals surface area contributed by atoms with Crippen molar-refractivity contribution in [3.63, 3.8) is 0 Å². The van der Waals surface area contributed by atoms with Crippen LogP contribution < -0.4 is 15.0 Å². The third-order valence-electron chi connectivity index (χ3n) is 5.74. The van der Waals surface area contributed by atoms with Crippen molar-refractivity contribution in [1.82, 2.24) is 4.31 Å². The molecule has 1 saturated heterocycles. The Hall–Kier alpha value is -2.58. The minimum Gasteiger partial charge on any atom is -0.454 e. The quantitative estimate of drug-likeness (QED) is 0.793. The highest BCUT2D eigenvalue weighted by atomic mass is 32.2. The lowest BCUT2D eigenvalue weighted by Crippen LogP contribution is -2.31. The van der Waals surface area contributed by atoms with E-state index in [0.717, 1.165) is 38.8 Å². The SMILES string of the molecule is CCN(C)S(=O)(=O)c1cc2c(cc1N1CCCCCC1)Oc1ccccc1NC2=O. The monoisotopic (exact) mass is 429 g/mol. The molecule has 8 heteroatoms. The second-order valence-electron chi connectivity index (χ2n) is 7.69. The summed E-state index contributed by atoms with van der Waals surface area (Å²) in [5.41, 5.74) is 1.38. The number of nitrogens with one attached hydrogen (secondary N) is 1. The molecule has 0 saturated carbocycles. The molecule has 2 aromatic carbocycles. The van der Waals surface area contributed by atoms with E-state index in [1.807, 2.05) is 12.1 Å². The summed E-state index contributed by atoms with van der Waals surface area (Å²) in [7, 11) is -2.21. The fourth-order valence-electron chi connectivity index (χ4n) is 3.88. The van der Waals surface area contributed by atoms with E-state index in [4.69, 9.17) is 4.74 Å². The maximum atomic E-state index is 13.3. The second kappa shape index (κ2) is 8.28. The van der Waals surface area contributed by atoms with Crippen molar-refractivity contribution in [1.29, 1.82) is 0 Å². The van der Waals surface area contributed by atoms with Gasteiger partial charge in [0.05, 0.1) is 16.9 Å². The molecule has 0 unspecified atom stereocenters. The van der Waals surface area contributed by atoms with E-state index in [9.17, 15) is 13.2 Å². The molecule has 0 bridgehead atoms. The Kier molecular flexibility index (Phi) is 5.71. The zero-order valence-corrected chi connectivity index (χ0v) is 18.2. The molecule has 30 heavy (non-hydrogen) atoms. The van der Waals surface area contributed by atoms with Crippen molar-refractivity contribution in [2.45, 2.75) is 37.5 Å². The number of para-hydroxylation sites is 2. The standard InChI is InChI=1S/C22H27N3O4S/c1-3-24(2)30(27,28)21-14-16-20(15-18(21)25-12-8-4-5-9-13-25)29-19-11-7-6-10-17(19)23-22(16)26/h6-7,10-11,14-15H,3-5,8-9,12-13H2,1-2H3,(H,23,26). The molecule has 160 valence electrons. The summed E-state index contributed by atoms with van der Waals surface area (Å²) in [6.07, 6.45) is 4.27. The van der Waals surface area contributed by atoms with Gasteiger partial charge in [-0.3, -0.25) is 4.79 Å². The third-order valence-corrected chi connectivity index (χ3v) is 7.70. The second-order valence-corrected chi connectivity index (χ2v) is 9.70. The summed E-state index contributed by atoms with van der Waals surface area (Å²) < 4.78 is 34.0. The summed E-state index contributed by atoms with van der Waals surface area (Å²) in [5, 5.41) is 2.82. The molecule has 1 N–H and O–H groups in total. The van der Waals surface area contributed by atoms with Crippen LogP contribution in [0.4, 0.5) is 11.4 Å². The lowest BCUT2D eigenvalue weighted by Gasteiger charge is -2.28. The zero-order chi connectivity index (χ0) is 21.3. The van der Waals surface area contributed by atoms with Crippen LogP contribution in [0.1, 0.15) is 43.0 Å². The number of hydrogen-bond donors (Lipinski definition) is 1. The molecule has 0 spiro atoms. The molecule has 2 aliphatic heterocycles. The van der Waals surface area contributed by atoms with E-state index in [0.29, 0.717) is 29.4 Å². The normalized spacial score (nSPS) is 16.8. The number of carbonyl (C=O) groups is 1. The number of carbonyl (C=O) groups excluding carboxylic acids is 1. The number of rotatable bonds is 4. The van der Waals surface area contributed by atoms with Gasteiger partial charge in [0.1, 0.15) is 10.6 Å². The Morgan fingerprint density at radius 1 is 1.07 bits per heavy atom. The van der Waals surface area contributed by atoms with Crippen LogP contribution in [-0.2, 0) is 10.0 Å². The highest BCUT2D eigenvalue weighted by molar-refractivity contribution is 7.89. The fraction of sp³-hybridized carbons (Fsp3) is 0.409. The molecule has 1 amide bonds. The van der Waals surface area contributed by atoms with Crippen LogP contribution in [0.15, 0.2) is 41.3 Å². The van der Waals surface area contributed by atoms with Crippen molar-refractivity contribution >= 4 is 27.3 Å². The van der Waals surface area contributed by atoms with Gasteiger partial charge in [-0.2, -0.15) is 0 Å². The van der Waals surface area contributed by atoms with Gasteiger partial charge in [0, 0.05) is 32.7 Å². The highest BCUT2D eigenvalue weighted by Crippen LogP contribution is 2.41. The fourth-order valence-corrected chi connectivity index (χ4v) is 5.28. The molecule has 0 aromatic heterocycles. The molecule has 0 aliphatic carbocycles. The first-order valence-corrected chi connectivity index (χ1v) is 11.8. The van der Waals surface area contributed by atoms with E-state index < -0.39 is 10.0 Å². The number of nitrogens with zero attached hydrogens (tertiary/aromatic N) is 2. The van der Waals surface area contributed by atoms with E-state index in [1.54, 1.807) is 32.2 Å². The summed E-state index contributed by atoms with van der Waals surface area (Å²) in [6, 6.07) is 10.4. The van der Waals surface area contributed by atoms with Crippen molar-refractivity contribution in [2.24, 2.45) is 0 Å². The van der Waals surface area contributed by atoms with E-state index in [-0.39, 0.29) is 16.4 Å². The van der Waals surface area contributed by atoms with Crippen LogP contribution in [-0.4, -0.2) is 45.3 Å². The maximum absolute atomic E-state index is 13.3. The third kappa shape index (κ3) is 3.77. The van der Waals surface area contributed by atoms with Crippen LogP contribution in [0.5, 0.6) is 11.5 Å². The smallest absolute Gasteiger partial charge is 0.259 e. The largest absolute Gasteiger partial charge is 0.454 e. The first-order chi connectivity index (χ1) is 14.4. The van der Waals surface area contributed by atoms with Crippen molar-refractivity contribution in [2.75, 3.05) is 36.9 Å². The van der Waals surface area contributed by atoms with Crippen LogP contribution in [0.3, 0.4) is 0 Å². The number of anilines is 2. The lowest BCUT2D eigenvalue weighted by molar-refractivity contribution is 0.102. The minimum absolute atomic E-state index is 0.150. The summed E-state index contributed by atoms with van der Waals surface area (Å²) in [6.45, 7) is 3.69. The number of benzene rings is 2. The summed E-state index contributed by atoms with van der Waals surface area (Å²) in [4.78, 5) is 15.2. The van der Waals surface area contributed by atoms with Gasteiger partial charge in [0.15, 0.2) is 5.75 Å². The number of ether oxygens (including phenoxy) is 1. The molecular weight excluding hydrogens is 402 g/mol. The average Bonchev–Trinajstić information content (AvgIpc) is 3.09. The van der Waals surface area contributed by atoms with Crippen LogP contribution in [0.25, 0.3) is 0 Å². The van der Waals surface area contributed by atoms with Gasteiger partial charge in [-0.05, 0) is 31.0 Å². The Labute approximate surface area is 177 Å². The highest BCUT2D eigenvalue weighted by Gasteiger charge is 2.31. The van der Waals surface area contributed by atoms with Crippen molar-refractivity contribution in [3.8, 4) is 11.5 Å². The molecular formula is C22H27N3O4S. The molecule has 2 heterocycles. The van der Waals surface area contributed by atoms with Crippen molar-refractivity contribution in [3.05, 3.63) is 42.0 Å². The number of fused-ring (bicyclic) bond motifs is 2. The van der Waals surface area contributed by atoms with Crippen molar-refractivity contribution < 1.29 is 17.9 Å².